The maximum atomic E-state index is 5.39. The molecule has 2 heteroatoms. The van der Waals surface area contributed by atoms with Gasteiger partial charge in [-0.1, -0.05) is 12.1 Å². The van der Waals surface area contributed by atoms with Gasteiger partial charge in [0.15, 0.2) is 0 Å². The van der Waals surface area contributed by atoms with Crippen molar-refractivity contribution in [3.8, 4) is 0 Å². The number of nitrogens with zero attached hydrogens (tertiary/aromatic N) is 1. The minimum absolute atomic E-state index is 0.704. The lowest BCUT2D eigenvalue weighted by Gasteiger charge is -2.22. The van der Waals surface area contributed by atoms with E-state index in [1.54, 1.807) is 0 Å². The van der Waals surface area contributed by atoms with Crippen LogP contribution in [-0.2, 0) is 4.74 Å². The maximum absolute atomic E-state index is 5.39. The lowest BCUT2D eigenvalue weighted by molar-refractivity contribution is 0.186. The molecule has 1 unspecified atom stereocenters. The molecule has 82 valence electrons. The number of hydrogen-bond donors (Lipinski definition) is 0. The van der Waals surface area contributed by atoms with Gasteiger partial charge in [0.25, 0.3) is 0 Å². The zero-order chi connectivity index (χ0) is 10.7. The molecule has 1 aliphatic rings. The van der Waals surface area contributed by atoms with Crippen LogP contribution in [0.3, 0.4) is 0 Å². The Hall–Kier alpha value is -1.02. The number of rotatable bonds is 3. The third kappa shape index (κ3) is 2.72. The Morgan fingerprint density at radius 1 is 1.47 bits per heavy atom. The highest BCUT2D eigenvalue weighted by Crippen LogP contribution is 2.19. The van der Waals surface area contributed by atoms with Gasteiger partial charge in [-0.15, -0.1) is 0 Å². The van der Waals surface area contributed by atoms with E-state index in [4.69, 9.17) is 4.74 Å². The number of hydrogen-bond acceptors (Lipinski definition) is 2. The van der Waals surface area contributed by atoms with Gasteiger partial charge in [0.05, 0.1) is 6.61 Å². The van der Waals surface area contributed by atoms with Crippen LogP contribution in [0.4, 0.5) is 5.69 Å². The van der Waals surface area contributed by atoms with Crippen LogP contribution in [0.15, 0.2) is 24.3 Å². The van der Waals surface area contributed by atoms with E-state index in [0.717, 1.165) is 19.8 Å². The molecule has 0 N–H and O–H groups in total. The van der Waals surface area contributed by atoms with Crippen LogP contribution in [0.25, 0.3) is 0 Å². The largest absolute Gasteiger partial charge is 0.381 e. The molecular formula is C13H19NO. The van der Waals surface area contributed by atoms with Gasteiger partial charge in [0.2, 0.25) is 0 Å². The molecule has 0 radical (unpaired) electrons. The minimum atomic E-state index is 0.704. The van der Waals surface area contributed by atoms with Crippen molar-refractivity contribution in [1.29, 1.82) is 0 Å². The fourth-order valence-corrected chi connectivity index (χ4v) is 2.09. The van der Waals surface area contributed by atoms with Crippen LogP contribution in [-0.4, -0.2) is 26.8 Å². The molecule has 0 bridgehead atoms. The molecule has 0 amide bonds. The van der Waals surface area contributed by atoms with Gasteiger partial charge in [0, 0.05) is 31.8 Å². The van der Waals surface area contributed by atoms with Crippen molar-refractivity contribution in [1.82, 2.24) is 0 Å². The second-order valence-electron chi connectivity index (χ2n) is 4.45. The Morgan fingerprint density at radius 3 is 3.00 bits per heavy atom. The highest BCUT2D eigenvalue weighted by atomic mass is 16.5. The first-order valence-electron chi connectivity index (χ1n) is 5.61. The van der Waals surface area contributed by atoms with Crippen LogP contribution in [0.1, 0.15) is 12.0 Å². The van der Waals surface area contributed by atoms with E-state index in [1.807, 2.05) is 0 Å². The summed E-state index contributed by atoms with van der Waals surface area (Å²) in [5.41, 5.74) is 2.63. The monoisotopic (exact) mass is 205 g/mol. The topological polar surface area (TPSA) is 12.5 Å². The summed E-state index contributed by atoms with van der Waals surface area (Å²) in [6.07, 6.45) is 1.20. The summed E-state index contributed by atoms with van der Waals surface area (Å²) < 4.78 is 5.39. The molecule has 0 saturated carbocycles. The van der Waals surface area contributed by atoms with Crippen molar-refractivity contribution in [2.45, 2.75) is 13.3 Å². The van der Waals surface area contributed by atoms with E-state index in [9.17, 15) is 0 Å². The van der Waals surface area contributed by atoms with Crippen LogP contribution in [0, 0.1) is 12.8 Å². The molecular weight excluding hydrogens is 186 g/mol. The van der Waals surface area contributed by atoms with Gasteiger partial charge in [-0.3, -0.25) is 0 Å². The summed E-state index contributed by atoms with van der Waals surface area (Å²) in [5, 5.41) is 0. The Morgan fingerprint density at radius 2 is 2.33 bits per heavy atom. The van der Waals surface area contributed by atoms with Gasteiger partial charge in [-0.25, -0.2) is 0 Å². The zero-order valence-corrected chi connectivity index (χ0v) is 9.57. The SMILES string of the molecule is Cc1cccc(N(C)CC2CCOC2)c1. The fourth-order valence-electron chi connectivity index (χ4n) is 2.09. The maximum Gasteiger partial charge on any atom is 0.0512 e. The molecule has 1 heterocycles. The molecule has 2 nitrogen and oxygen atoms in total. The normalized spacial score (nSPS) is 20.5. The summed E-state index contributed by atoms with van der Waals surface area (Å²) >= 11 is 0. The average Bonchev–Trinajstić information content (AvgIpc) is 2.70. The number of benzene rings is 1. The molecule has 1 aromatic rings. The van der Waals surface area contributed by atoms with Crippen molar-refractivity contribution < 1.29 is 4.74 Å². The molecule has 0 aromatic heterocycles. The predicted octanol–water partition coefficient (Wildman–Crippen LogP) is 2.47. The van der Waals surface area contributed by atoms with Gasteiger partial charge in [-0.2, -0.15) is 0 Å². The van der Waals surface area contributed by atoms with Crippen molar-refractivity contribution >= 4 is 5.69 Å². The Balaban J connectivity index is 1.97. The van der Waals surface area contributed by atoms with Gasteiger partial charge in [-0.05, 0) is 31.0 Å². The molecule has 15 heavy (non-hydrogen) atoms. The number of aryl methyl sites for hydroxylation is 1. The molecule has 1 fully saturated rings. The van der Waals surface area contributed by atoms with Crippen molar-refractivity contribution in [2.24, 2.45) is 5.92 Å². The molecule has 1 saturated heterocycles. The second kappa shape index (κ2) is 4.67. The Labute approximate surface area is 91.9 Å². The smallest absolute Gasteiger partial charge is 0.0512 e. The summed E-state index contributed by atoms with van der Waals surface area (Å²) in [7, 11) is 2.16. The summed E-state index contributed by atoms with van der Waals surface area (Å²) in [6, 6.07) is 8.65. The molecule has 0 spiro atoms. The van der Waals surface area contributed by atoms with E-state index < -0.39 is 0 Å². The molecule has 1 aromatic carbocycles. The van der Waals surface area contributed by atoms with E-state index in [2.05, 4.69) is 43.1 Å². The summed E-state index contributed by atoms with van der Waals surface area (Å²) in [4.78, 5) is 2.33. The van der Waals surface area contributed by atoms with E-state index in [0.29, 0.717) is 5.92 Å². The molecule has 1 atom stereocenters. The third-order valence-corrected chi connectivity index (χ3v) is 3.00. The van der Waals surface area contributed by atoms with Crippen molar-refractivity contribution in [2.75, 3.05) is 31.7 Å². The predicted molar refractivity (Wildman–Crippen MR) is 63.4 cm³/mol. The first-order valence-corrected chi connectivity index (χ1v) is 5.61. The molecule has 1 aliphatic heterocycles. The number of ether oxygens (including phenoxy) is 1. The lowest BCUT2D eigenvalue weighted by atomic mass is 10.1. The van der Waals surface area contributed by atoms with Crippen LogP contribution >= 0.6 is 0 Å². The zero-order valence-electron chi connectivity index (χ0n) is 9.57. The number of anilines is 1. The van der Waals surface area contributed by atoms with Gasteiger partial charge < -0.3 is 9.64 Å². The summed E-state index contributed by atoms with van der Waals surface area (Å²) in [5.74, 6) is 0.704. The first kappa shape index (κ1) is 10.5. The van der Waals surface area contributed by atoms with E-state index in [1.165, 1.54) is 17.7 Å². The second-order valence-corrected chi connectivity index (χ2v) is 4.45. The Bertz CT molecular complexity index is 318. The minimum Gasteiger partial charge on any atom is -0.381 e. The van der Waals surface area contributed by atoms with E-state index in [-0.39, 0.29) is 0 Å². The highest BCUT2D eigenvalue weighted by Gasteiger charge is 2.17. The van der Waals surface area contributed by atoms with Gasteiger partial charge in [0.1, 0.15) is 0 Å². The first-order chi connectivity index (χ1) is 7.25. The lowest BCUT2D eigenvalue weighted by Crippen LogP contribution is -2.25. The average molecular weight is 205 g/mol. The van der Waals surface area contributed by atoms with Crippen molar-refractivity contribution in [3.63, 3.8) is 0 Å². The quantitative estimate of drug-likeness (QED) is 0.751. The molecule has 0 aliphatic carbocycles. The Kier molecular flexibility index (Phi) is 3.27. The van der Waals surface area contributed by atoms with Crippen LogP contribution in [0.2, 0.25) is 0 Å². The van der Waals surface area contributed by atoms with Crippen molar-refractivity contribution in [3.05, 3.63) is 29.8 Å². The third-order valence-electron chi connectivity index (χ3n) is 3.00. The molecule has 2 rings (SSSR count). The van der Waals surface area contributed by atoms with E-state index >= 15 is 0 Å². The van der Waals surface area contributed by atoms with Gasteiger partial charge >= 0.3 is 0 Å². The van der Waals surface area contributed by atoms with Crippen LogP contribution in [0.5, 0.6) is 0 Å². The highest BCUT2D eigenvalue weighted by molar-refractivity contribution is 5.47. The summed E-state index contributed by atoms with van der Waals surface area (Å²) in [6.45, 7) is 5.10. The van der Waals surface area contributed by atoms with Crippen LogP contribution < -0.4 is 4.90 Å². The standard InChI is InChI=1S/C13H19NO/c1-11-4-3-5-13(8-11)14(2)9-12-6-7-15-10-12/h3-5,8,12H,6-7,9-10H2,1-2H3. The fraction of sp³-hybridized carbons (Fsp3) is 0.538.